The topological polar surface area (TPSA) is 88.3 Å². The maximum Gasteiger partial charge on any atom is 0.248 e. The molecule has 6 nitrogen and oxygen atoms in total. The molecule has 1 saturated heterocycles. The number of hydrogen-bond acceptors (Lipinski definition) is 5. The Bertz CT molecular complexity index is 475. The van der Waals surface area contributed by atoms with E-state index < -0.39 is 6.04 Å². The lowest BCUT2D eigenvalue weighted by Crippen LogP contribution is -2.48. The van der Waals surface area contributed by atoms with Crippen LogP contribution in [-0.2, 0) is 9.59 Å². The Morgan fingerprint density at radius 2 is 2.30 bits per heavy atom. The Morgan fingerprint density at radius 1 is 1.55 bits per heavy atom. The number of likely N-dealkylation sites (tertiary alicyclic amines) is 1. The number of carbonyl (C=O) groups excluding carboxylic acids is 2. The van der Waals surface area contributed by atoms with Gasteiger partial charge in [-0.1, -0.05) is 6.92 Å². The number of nitrogens with zero attached hydrogens (tertiary/aromatic N) is 2. The molecule has 3 unspecified atom stereocenters. The molecule has 1 aromatic rings. The van der Waals surface area contributed by atoms with Gasteiger partial charge in [-0.05, 0) is 19.8 Å². The lowest BCUT2D eigenvalue weighted by molar-refractivity contribution is -0.140. The average molecular weight is 296 g/mol. The van der Waals surface area contributed by atoms with E-state index in [1.165, 1.54) is 11.3 Å². The molecule has 7 heteroatoms. The zero-order chi connectivity index (χ0) is 14.7. The molecule has 1 aliphatic heterocycles. The Labute approximate surface area is 122 Å². The van der Waals surface area contributed by atoms with Gasteiger partial charge in [0, 0.05) is 24.2 Å². The smallest absolute Gasteiger partial charge is 0.248 e. The number of anilines is 1. The second kappa shape index (κ2) is 6.32. The van der Waals surface area contributed by atoms with Crippen LogP contribution in [0.4, 0.5) is 5.13 Å². The molecule has 1 fully saturated rings. The fourth-order valence-corrected chi connectivity index (χ4v) is 2.80. The molecular weight excluding hydrogens is 276 g/mol. The van der Waals surface area contributed by atoms with Crippen molar-refractivity contribution in [1.82, 2.24) is 9.88 Å². The highest BCUT2D eigenvalue weighted by molar-refractivity contribution is 7.13. The normalized spacial score (nSPS) is 21.6. The van der Waals surface area contributed by atoms with Gasteiger partial charge in [-0.2, -0.15) is 0 Å². The van der Waals surface area contributed by atoms with Crippen LogP contribution in [0.15, 0.2) is 11.6 Å². The van der Waals surface area contributed by atoms with Crippen molar-refractivity contribution in [2.45, 2.75) is 38.8 Å². The zero-order valence-electron chi connectivity index (χ0n) is 11.7. The molecule has 0 saturated carbocycles. The first kappa shape index (κ1) is 14.9. The second-order valence-electron chi connectivity index (χ2n) is 5.16. The van der Waals surface area contributed by atoms with Crippen molar-refractivity contribution in [2.75, 3.05) is 11.9 Å². The molecule has 0 radical (unpaired) electrons. The average Bonchev–Trinajstić information content (AvgIpc) is 3.07. The number of nitrogens with two attached hydrogens (primary N) is 1. The van der Waals surface area contributed by atoms with Crippen LogP contribution in [0.2, 0.25) is 0 Å². The fraction of sp³-hybridized carbons (Fsp3) is 0.615. The highest BCUT2D eigenvalue weighted by atomic mass is 32.1. The van der Waals surface area contributed by atoms with Crippen molar-refractivity contribution in [3.63, 3.8) is 0 Å². The largest absolute Gasteiger partial charge is 0.330 e. The van der Waals surface area contributed by atoms with Gasteiger partial charge < -0.3 is 16.0 Å². The van der Waals surface area contributed by atoms with Gasteiger partial charge in [0.15, 0.2) is 5.13 Å². The number of nitrogens with one attached hydrogen (secondary N) is 1. The number of rotatable bonds is 4. The van der Waals surface area contributed by atoms with Crippen LogP contribution in [0, 0.1) is 5.92 Å². The summed E-state index contributed by atoms with van der Waals surface area (Å²) >= 11 is 1.36. The third-order valence-corrected chi connectivity index (χ3v) is 4.37. The summed E-state index contributed by atoms with van der Waals surface area (Å²) in [5, 5.41) is 5.12. The van der Waals surface area contributed by atoms with Gasteiger partial charge in [0.05, 0.1) is 5.92 Å². The molecular formula is C13H20N4O2S. The molecule has 20 heavy (non-hydrogen) atoms. The predicted molar refractivity (Wildman–Crippen MR) is 78.3 cm³/mol. The van der Waals surface area contributed by atoms with Crippen LogP contribution in [0.1, 0.15) is 26.7 Å². The lowest BCUT2D eigenvalue weighted by Gasteiger charge is -2.27. The predicted octanol–water partition coefficient (Wildman–Crippen LogP) is 1.06. The van der Waals surface area contributed by atoms with Crippen molar-refractivity contribution in [3.8, 4) is 0 Å². The summed E-state index contributed by atoms with van der Waals surface area (Å²) in [6.07, 6.45) is 3.16. The highest BCUT2D eigenvalue weighted by Crippen LogP contribution is 2.22. The summed E-state index contributed by atoms with van der Waals surface area (Å²) in [6, 6.07) is -0.627. The summed E-state index contributed by atoms with van der Waals surface area (Å²) in [7, 11) is 0. The van der Waals surface area contributed by atoms with E-state index in [2.05, 4.69) is 10.3 Å². The molecule has 2 heterocycles. The molecule has 2 rings (SSSR count). The first-order valence-corrected chi connectivity index (χ1v) is 7.65. The molecule has 1 aliphatic rings. The summed E-state index contributed by atoms with van der Waals surface area (Å²) in [5.74, 6) is -0.484. The summed E-state index contributed by atoms with van der Waals surface area (Å²) in [4.78, 5) is 30.3. The summed E-state index contributed by atoms with van der Waals surface area (Å²) < 4.78 is 0. The van der Waals surface area contributed by atoms with Gasteiger partial charge in [0.2, 0.25) is 11.8 Å². The van der Waals surface area contributed by atoms with Gasteiger partial charge in [0.1, 0.15) is 6.04 Å². The maximum atomic E-state index is 12.4. The SMILES string of the molecule is CC(N)C(C)C(=O)N1CCCC1C(=O)Nc1nccs1. The number of thiazole rings is 1. The third kappa shape index (κ3) is 3.16. The van der Waals surface area contributed by atoms with Crippen LogP contribution >= 0.6 is 11.3 Å². The number of carbonyl (C=O) groups is 2. The molecule has 0 aromatic carbocycles. The fourth-order valence-electron chi connectivity index (χ4n) is 2.26. The maximum absolute atomic E-state index is 12.4. The van der Waals surface area contributed by atoms with Gasteiger partial charge in [-0.3, -0.25) is 9.59 Å². The quantitative estimate of drug-likeness (QED) is 0.869. The van der Waals surface area contributed by atoms with Gasteiger partial charge in [-0.15, -0.1) is 11.3 Å². The number of aromatic nitrogens is 1. The highest BCUT2D eigenvalue weighted by Gasteiger charge is 2.36. The van der Waals surface area contributed by atoms with E-state index in [0.29, 0.717) is 18.1 Å². The number of hydrogen-bond donors (Lipinski definition) is 2. The second-order valence-corrected chi connectivity index (χ2v) is 6.06. The first-order valence-electron chi connectivity index (χ1n) is 6.77. The van der Waals surface area contributed by atoms with E-state index in [9.17, 15) is 9.59 Å². The molecule has 0 aliphatic carbocycles. The summed E-state index contributed by atoms with van der Waals surface area (Å²) in [5.41, 5.74) is 5.78. The van der Waals surface area contributed by atoms with Crippen molar-refractivity contribution >= 4 is 28.3 Å². The Hall–Kier alpha value is -1.47. The minimum atomic E-state index is -0.410. The Kier molecular flexibility index (Phi) is 4.72. The monoisotopic (exact) mass is 296 g/mol. The van der Waals surface area contributed by atoms with Gasteiger partial charge >= 0.3 is 0 Å². The Morgan fingerprint density at radius 3 is 2.90 bits per heavy atom. The minimum Gasteiger partial charge on any atom is -0.330 e. The van der Waals surface area contributed by atoms with E-state index in [1.807, 2.05) is 6.92 Å². The van der Waals surface area contributed by atoms with Gasteiger partial charge in [0.25, 0.3) is 0 Å². The van der Waals surface area contributed by atoms with Crippen molar-refractivity contribution < 1.29 is 9.59 Å². The lowest BCUT2D eigenvalue weighted by atomic mass is 10.0. The van der Waals surface area contributed by atoms with E-state index in [1.54, 1.807) is 23.4 Å². The first-order chi connectivity index (χ1) is 9.50. The van der Waals surface area contributed by atoms with E-state index >= 15 is 0 Å². The number of amides is 2. The van der Waals surface area contributed by atoms with E-state index in [0.717, 1.165) is 6.42 Å². The molecule has 110 valence electrons. The third-order valence-electron chi connectivity index (χ3n) is 3.68. The standard InChI is InChI=1S/C13H20N4O2S/c1-8(9(2)14)12(19)17-6-3-4-10(17)11(18)16-13-15-5-7-20-13/h5,7-10H,3-4,6,14H2,1-2H3,(H,15,16,18). The van der Waals surface area contributed by atoms with Crippen LogP contribution in [-0.4, -0.2) is 40.3 Å². The van der Waals surface area contributed by atoms with E-state index in [-0.39, 0.29) is 23.8 Å². The minimum absolute atomic E-state index is 0.0446. The molecule has 0 bridgehead atoms. The molecule has 3 N–H and O–H groups in total. The molecule has 2 amide bonds. The van der Waals surface area contributed by atoms with Crippen LogP contribution in [0.3, 0.4) is 0 Å². The van der Waals surface area contributed by atoms with Crippen LogP contribution in [0.25, 0.3) is 0 Å². The van der Waals surface area contributed by atoms with Crippen molar-refractivity contribution in [1.29, 1.82) is 0 Å². The van der Waals surface area contributed by atoms with Crippen molar-refractivity contribution in [2.24, 2.45) is 11.7 Å². The molecule has 3 atom stereocenters. The Balaban J connectivity index is 2.03. The van der Waals surface area contributed by atoms with Crippen LogP contribution in [0.5, 0.6) is 0 Å². The van der Waals surface area contributed by atoms with Crippen molar-refractivity contribution in [3.05, 3.63) is 11.6 Å². The summed E-state index contributed by atoms with van der Waals surface area (Å²) in [6.45, 7) is 4.23. The van der Waals surface area contributed by atoms with Gasteiger partial charge in [-0.25, -0.2) is 4.98 Å². The molecule has 1 aromatic heterocycles. The van der Waals surface area contributed by atoms with E-state index in [4.69, 9.17) is 5.73 Å². The van der Waals surface area contributed by atoms with Crippen LogP contribution < -0.4 is 11.1 Å². The zero-order valence-corrected chi connectivity index (χ0v) is 12.5. The molecule has 0 spiro atoms.